The summed E-state index contributed by atoms with van der Waals surface area (Å²) in [5.74, 6) is 0.245. The fourth-order valence-corrected chi connectivity index (χ4v) is 3.64. The average molecular weight is 265 g/mol. The molecule has 1 saturated carbocycles. The van der Waals surface area contributed by atoms with Crippen molar-refractivity contribution in [2.75, 3.05) is 20.3 Å². The second-order valence-corrected chi connectivity index (χ2v) is 5.73. The van der Waals surface area contributed by atoms with E-state index in [-0.39, 0.29) is 24.2 Å². The maximum absolute atomic E-state index is 12.7. The Morgan fingerprint density at radius 3 is 3.05 bits per heavy atom. The molecule has 1 heterocycles. The average Bonchev–Trinajstić information content (AvgIpc) is 2.90. The van der Waals surface area contributed by atoms with Crippen LogP contribution >= 0.6 is 0 Å². The molecular weight excluding hydrogens is 242 g/mol. The number of fused-ring (bicyclic) bond motifs is 1. The van der Waals surface area contributed by atoms with Crippen LogP contribution < -0.4 is 0 Å². The third-order valence-corrected chi connectivity index (χ3v) is 4.66. The molecule has 4 nitrogen and oxygen atoms in total. The van der Waals surface area contributed by atoms with E-state index in [1.807, 2.05) is 4.90 Å². The fourth-order valence-electron chi connectivity index (χ4n) is 3.64. The van der Waals surface area contributed by atoms with E-state index >= 15 is 0 Å². The van der Waals surface area contributed by atoms with Gasteiger partial charge in [0.05, 0.1) is 18.8 Å². The third-order valence-electron chi connectivity index (χ3n) is 4.66. The first-order chi connectivity index (χ1) is 9.31. The monoisotopic (exact) mass is 265 g/mol. The minimum Gasteiger partial charge on any atom is -0.379 e. The topological polar surface area (TPSA) is 38.8 Å². The number of hydrogen-bond acceptors (Lipinski definition) is 3. The van der Waals surface area contributed by atoms with Gasteiger partial charge in [-0.25, -0.2) is 0 Å². The predicted octanol–water partition coefficient (Wildman–Crippen LogP) is 1.89. The van der Waals surface area contributed by atoms with Crippen LogP contribution in [0.15, 0.2) is 11.6 Å². The molecule has 3 atom stereocenters. The van der Waals surface area contributed by atoms with Crippen molar-refractivity contribution in [1.82, 2.24) is 4.90 Å². The molecule has 0 N–H and O–H groups in total. The van der Waals surface area contributed by atoms with E-state index in [9.17, 15) is 4.79 Å². The molecule has 1 saturated heterocycles. The molecule has 1 aliphatic heterocycles. The molecule has 0 aromatic rings. The number of nitrogens with zero attached hydrogens (tertiary/aromatic N) is 1. The first-order valence-electron chi connectivity index (χ1n) is 7.45. The minimum atomic E-state index is 0.0758. The van der Waals surface area contributed by atoms with Crippen molar-refractivity contribution >= 4 is 5.91 Å². The SMILES string of the molecule is CO[C@H]1CC[C@H]2[C@H]1OCCN2C(=O)C1=CCCCC1. The minimum absolute atomic E-state index is 0.0758. The molecule has 0 aromatic heterocycles. The quantitative estimate of drug-likeness (QED) is 0.765. The Bertz CT molecular complexity index is 380. The molecular formula is C15H23NO3. The van der Waals surface area contributed by atoms with Gasteiger partial charge in [-0.2, -0.15) is 0 Å². The number of ether oxygens (including phenoxy) is 2. The van der Waals surface area contributed by atoms with Crippen molar-refractivity contribution in [1.29, 1.82) is 0 Å². The van der Waals surface area contributed by atoms with Crippen LogP contribution in [-0.4, -0.2) is 49.3 Å². The zero-order valence-electron chi connectivity index (χ0n) is 11.6. The highest BCUT2D eigenvalue weighted by Crippen LogP contribution is 2.33. The molecule has 3 rings (SSSR count). The summed E-state index contributed by atoms with van der Waals surface area (Å²) in [6.07, 6.45) is 8.74. The molecule has 19 heavy (non-hydrogen) atoms. The summed E-state index contributed by atoms with van der Waals surface area (Å²) in [7, 11) is 1.74. The summed E-state index contributed by atoms with van der Waals surface area (Å²) in [5, 5.41) is 0. The van der Waals surface area contributed by atoms with Crippen LogP contribution in [0.25, 0.3) is 0 Å². The smallest absolute Gasteiger partial charge is 0.249 e. The highest BCUT2D eigenvalue weighted by atomic mass is 16.5. The predicted molar refractivity (Wildman–Crippen MR) is 71.8 cm³/mol. The van der Waals surface area contributed by atoms with Gasteiger partial charge in [0.1, 0.15) is 6.10 Å². The zero-order valence-corrected chi connectivity index (χ0v) is 11.6. The lowest BCUT2D eigenvalue weighted by Crippen LogP contribution is -2.54. The van der Waals surface area contributed by atoms with Crippen molar-refractivity contribution in [2.24, 2.45) is 0 Å². The van der Waals surface area contributed by atoms with Gasteiger partial charge in [-0.3, -0.25) is 4.79 Å². The first kappa shape index (κ1) is 13.1. The number of rotatable bonds is 2. The van der Waals surface area contributed by atoms with Crippen molar-refractivity contribution in [3.63, 3.8) is 0 Å². The van der Waals surface area contributed by atoms with Gasteiger partial charge in [0.15, 0.2) is 0 Å². The summed E-state index contributed by atoms with van der Waals surface area (Å²) in [5.41, 5.74) is 1.02. The normalized spacial score (nSPS) is 34.9. The molecule has 0 aromatic carbocycles. The van der Waals surface area contributed by atoms with Crippen LogP contribution in [0.2, 0.25) is 0 Å². The number of hydrogen-bond donors (Lipinski definition) is 0. The second-order valence-electron chi connectivity index (χ2n) is 5.73. The summed E-state index contributed by atoms with van der Waals surface area (Å²) >= 11 is 0. The number of carbonyl (C=O) groups is 1. The van der Waals surface area contributed by atoms with Crippen LogP contribution in [0, 0.1) is 0 Å². The number of amides is 1. The highest BCUT2D eigenvalue weighted by molar-refractivity contribution is 5.93. The summed E-state index contributed by atoms with van der Waals surface area (Å²) in [6, 6.07) is 0.217. The zero-order chi connectivity index (χ0) is 13.2. The maximum Gasteiger partial charge on any atom is 0.249 e. The van der Waals surface area contributed by atoms with Gasteiger partial charge in [-0.05, 0) is 38.5 Å². The van der Waals surface area contributed by atoms with Gasteiger partial charge in [0, 0.05) is 19.2 Å². The Morgan fingerprint density at radius 1 is 1.42 bits per heavy atom. The van der Waals surface area contributed by atoms with E-state index in [1.165, 1.54) is 6.42 Å². The van der Waals surface area contributed by atoms with E-state index in [0.717, 1.165) is 44.2 Å². The first-order valence-corrected chi connectivity index (χ1v) is 7.45. The van der Waals surface area contributed by atoms with Crippen LogP contribution in [-0.2, 0) is 14.3 Å². The summed E-state index contributed by atoms with van der Waals surface area (Å²) in [6.45, 7) is 1.37. The van der Waals surface area contributed by atoms with Crippen LogP contribution in [0.4, 0.5) is 0 Å². The second kappa shape index (κ2) is 5.63. The standard InChI is InChI=1S/C15H23NO3/c1-18-13-8-7-12-14(13)19-10-9-16(12)15(17)11-5-3-2-4-6-11/h5,12-14H,2-4,6-10H2,1H3/t12-,13-,14+/m0/s1. The van der Waals surface area contributed by atoms with Crippen molar-refractivity contribution in [3.05, 3.63) is 11.6 Å². The third kappa shape index (κ3) is 2.43. The van der Waals surface area contributed by atoms with Gasteiger partial charge in [0.2, 0.25) is 5.91 Å². The summed E-state index contributed by atoms with van der Waals surface area (Å²) in [4.78, 5) is 14.7. The van der Waals surface area contributed by atoms with Gasteiger partial charge >= 0.3 is 0 Å². The van der Waals surface area contributed by atoms with Crippen molar-refractivity contribution in [3.8, 4) is 0 Å². The molecule has 1 amide bonds. The number of morpholine rings is 1. The van der Waals surface area contributed by atoms with Crippen LogP contribution in [0.3, 0.4) is 0 Å². The van der Waals surface area contributed by atoms with Gasteiger partial charge < -0.3 is 14.4 Å². The van der Waals surface area contributed by atoms with Crippen molar-refractivity contribution in [2.45, 2.75) is 56.8 Å². The van der Waals surface area contributed by atoms with Crippen LogP contribution in [0.1, 0.15) is 38.5 Å². The van der Waals surface area contributed by atoms with Gasteiger partial charge in [0.25, 0.3) is 0 Å². The van der Waals surface area contributed by atoms with E-state index in [1.54, 1.807) is 7.11 Å². The molecule has 0 radical (unpaired) electrons. The molecule has 0 spiro atoms. The van der Waals surface area contributed by atoms with Gasteiger partial charge in [-0.1, -0.05) is 6.08 Å². The number of allylic oxidation sites excluding steroid dienone is 1. The largest absolute Gasteiger partial charge is 0.379 e. The lowest BCUT2D eigenvalue weighted by atomic mass is 9.97. The Labute approximate surface area is 114 Å². The molecule has 2 fully saturated rings. The van der Waals surface area contributed by atoms with E-state index in [2.05, 4.69) is 6.08 Å². The lowest BCUT2D eigenvalue weighted by molar-refractivity contribution is -0.146. The fraction of sp³-hybridized carbons (Fsp3) is 0.800. The highest BCUT2D eigenvalue weighted by Gasteiger charge is 2.44. The molecule has 0 bridgehead atoms. The maximum atomic E-state index is 12.7. The van der Waals surface area contributed by atoms with Crippen LogP contribution in [0.5, 0.6) is 0 Å². The number of carbonyl (C=O) groups excluding carboxylic acids is 1. The Morgan fingerprint density at radius 2 is 2.32 bits per heavy atom. The molecule has 106 valence electrons. The Kier molecular flexibility index (Phi) is 3.89. The van der Waals surface area contributed by atoms with E-state index < -0.39 is 0 Å². The summed E-state index contributed by atoms with van der Waals surface area (Å²) < 4.78 is 11.3. The Hall–Kier alpha value is -0.870. The van der Waals surface area contributed by atoms with Gasteiger partial charge in [-0.15, -0.1) is 0 Å². The van der Waals surface area contributed by atoms with E-state index in [4.69, 9.17) is 9.47 Å². The molecule has 0 unspecified atom stereocenters. The molecule has 3 aliphatic rings. The van der Waals surface area contributed by atoms with E-state index in [0.29, 0.717) is 6.61 Å². The number of methoxy groups -OCH3 is 1. The Balaban J connectivity index is 1.73. The molecule has 2 aliphatic carbocycles. The molecule has 4 heteroatoms. The van der Waals surface area contributed by atoms with Crippen molar-refractivity contribution < 1.29 is 14.3 Å². The lowest BCUT2D eigenvalue weighted by Gasteiger charge is -2.39.